The second-order valence-electron chi connectivity index (χ2n) is 8.20. The first-order valence-corrected chi connectivity index (χ1v) is 9.59. The second kappa shape index (κ2) is 8.05. The van der Waals surface area contributed by atoms with Gasteiger partial charge in [-0.2, -0.15) is 0 Å². The van der Waals surface area contributed by atoms with E-state index in [1.165, 1.54) is 11.1 Å². The molecule has 3 nitrogen and oxygen atoms in total. The molecule has 1 fully saturated rings. The first kappa shape index (κ1) is 18.7. The van der Waals surface area contributed by atoms with Crippen molar-refractivity contribution >= 4 is 5.91 Å². The molecule has 2 aromatic carbocycles. The van der Waals surface area contributed by atoms with Gasteiger partial charge in [0.1, 0.15) is 0 Å². The Labute approximate surface area is 157 Å². The third kappa shape index (κ3) is 4.73. The Balaban J connectivity index is 1.50. The van der Waals surface area contributed by atoms with E-state index in [-0.39, 0.29) is 11.3 Å². The van der Waals surface area contributed by atoms with E-state index in [4.69, 9.17) is 0 Å². The molecule has 0 bridgehead atoms. The highest BCUT2D eigenvalue weighted by molar-refractivity contribution is 5.94. The van der Waals surface area contributed by atoms with Crippen molar-refractivity contribution in [2.45, 2.75) is 32.6 Å². The summed E-state index contributed by atoms with van der Waals surface area (Å²) in [6.07, 6.45) is 1.07. The number of nitrogens with zero attached hydrogens (tertiary/aromatic N) is 2. The Kier molecular flexibility index (Phi) is 5.77. The molecule has 0 radical (unpaired) electrons. The van der Waals surface area contributed by atoms with Crippen LogP contribution in [0.2, 0.25) is 0 Å². The molecule has 3 heteroatoms. The standard InChI is InChI=1S/C23H30N2O/c1-23(2,3)21-11-9-20(10-12-21)22(26)25-17-15-24(16-18-25)14-13-19-7-5-4-6-8-19/h4-12H,13-18H2,1-3H3. The number of amides is 1. The Morgan fingerprint density at radius 2 is 1.50 bits per heavy atom. The lowest BCUT2D eigenvalue weighted by Gasteiger charge is -2.35. The van der Waals surface area contributed by atoms with E-state index in [1.54, 1.807) is 0 Å². The minimum atomic E-state index is 0.117. The maximum absolute atomic E-state index is 12.8. The number of carbonyl (C=O) groups is 1. The molecule has 26 heavy (non-hydrogen) atoms. The van der Waals surface area contributed by atoms with E-state index in [0.29, 0.717) is 0 Å². The smallest absolute Gasteiger partial charge is 0.253 e. The van der Waals surface area contributed by atoms with Crippen LogP contribution < -0.4 is 0 Å². The van der Waals surface area contributed by atoms with Crippen LogP contribution in [0.1, 0.15) is 42.3 Å². The fourth-order valence-corrected chi connectivity index (χ4v) is 3.40. The SMILES string of the molecule is CC(C)(C)c1ccc(C(=O)N2CCN(CCc3ccccc3)CC2)cc1. The van der Waals surface area contributed by atoms with Gasteiger partial charge in [-0.05, 0) is 35.1 Å². The molecule has 1 amide bonds. The zero-order valence-electron chi connectivity index (χ0n) is 16.2. The number of carbonyl (C=O) groups excluding carboxylic acids is 1. The molecule has 0 aromatic heterocycles. The molecular weight excluding hydrogens is 320 g/mol. The average molecular weight is 351 g/mol. The molecule has 138 valence electrons. The van der Waals surface area contributed by atoms with Crippen LogP contribution in [-0.2, 0) is 11.8 Å². The van der Waals surface area contributed by atoms with Crippen molar-refractivity contribution in [2.24, 2.45) is 0 Å². The topological polar surface area (TPSA) is 23.6 Å². The molecule has 1 aliphatic heterocycles. The summed E-state index contributed by atoms with van der Waals surface area (Å²) < 4.78 is 0. The van der Waals surface area contributed by atoms with E-state index in [0.717, 1.165) is 44.7 Å². The molecule has 0 atom stereocenters. The van der Waals surface area contributed by atoms with E-state index < -0.39 is 0 Å². The monoisotopic (exact) mass is 350 g/mol. The van der Waals surface area contributed by atoms with Gasteiger partial charge in [0.15, 0.2) is 0 Å². The highest BCUT2D eigenvalue weighted by Gasteiger charge is 2.22. The van der Waals surface area contributed by atoms with Gasteiger partial charge in [-0.15, -0.1) is 0 Å². The molecule has 3 rings (SSSR count). The molecule has 2 aromatic rings. The predicted octanol–water partition coefficient (Wildman–Crippen LogP) is 3.98. The molecule has 0 N–H and O–H groups in total. The molecule has 0 aliphatic carbocycles. The summed E-state index contributed by atoms with van der Waals surface area (Å²) >= 11 is 0. The first-order chi connectivity index (χ1) is 12.4. The van der Waals surface area contributed by atoms with Crippen molar-refractivity contribution in [3.05, 3.63) is 71.3 Å². The van der Waals surface area contributed by atoms with Crippen LogP contribution in [0, 0.1) is 0 Å². The zero-order chi connectivity index (χ0) is 18.6. The van der Waals surface area contributed by atoms with Crippen molar-refractivity contribution < 1.29 is 4.79 Å². The van der Waals surface area contributed by atoms with E-state index in [1.807, 2.05) is 17.0 Å². The predicted molar refractivity (Wildman–Crippen MR) is 108 cm³/mol. The molecule has 1 aliphatic rings. The highest BCUT2D eigenvalue weighted by Crippen LogP contribution is 2.22. The third-order valence-corrected chi connectivity index (χ3v) is 5.22. The van der Waals surface area contributed by atoms with Gasteiger partial charge in [-0.1, -0.05) is 63.2 Å². The Morgan fingerprint density at radius 1 is 0.885 bits per heavy atom. The van der Waals surface area contributed by atoms with Crippen molar-refractivity contribution in [2.75, 3.05) is 32.7 Å². The third-order valence-electron chi connectivity index (χ3n) is 5.22. The van der Waals surface area contributed by atoms with Gasteiger partial charge < -0.3 is 4.90 Å². The lowest BCUT2D eigenvalue weighted by molar-refractivity contribution is 0.0638. The number of rotatable bonds is 4. The van der Waals surface area contributed by atoms with Crippen LogP contribution in [0.3, 0.4) is 0 Å². The summed E-state index contributed by atoms with van der Waals surface area (Å²) in [5, 5.41) is 0. The average Bonchev–Trinajstić information content (AvgIpc) is 2.66. The van der Waals surface area contributed by atoms with Gasteiger partial charge >= 0.3 is 0 Å². The lowest BCUT2D eigenvalue weighted by atomic mass is 9.86. The van der Waals surface area contributed by atoms with Crippen LogP contribution >= 0.6 is 0 Å². The summed E-state index contributed by atoms with van der Waals surface area (Å²) in [5.41, 5.74) is 3.56. The van der Waals surface area contributed by atoms with Crippen molar-refractivity contribution in [3.63, 3.8) is 0 Å². The normalized spacial score (nSPS) is 15.9. The largest absolute Gasteiger partial charge is 0.336 e. The Hall–Kier alpha value is -2.13. The van der Waals surface area contributed by atoms with Crippen LogP contribution in [0.15, 0.2) is 54.6 Å². The van der Waals surface area contributed by atoms with Crippen LogP contribution in [0.25, 0.3) is 0 Å². The fourth-order valence-electron chi connectivity index (χ4n) is 3.40. The lowest BCUT2D eigenvalue weighted by Crippen LogP contribution is -2.49. The van der Waals surface area contributed by atoms with Gasteiger partial charge in [0, 0.05) is 38.3 Å². The number of benzene rings is 2. The van der Waals surface area contributed by atoms with Gasteiger partial charge in [-0.25, -0.2) is 0 Å². The van der Waals surface area contributed by atoms with Crippen LogP contribution in [-0.4, -0.2) is 48.4 Å². The maximum Gasteiger partial charge on any atom is 0.253 e. The van der Waals surface area contributed by atoms with E-state index in [9.17, 15) is 4.79 Å². The molecule has 1 heterocycles. The summed E-state index contributed by atoms with van der Waals surface area (Å²) in [6, 6.07) is 18.7. The van der Waals surface area contributed by atoms with Gasteiger partial charge in [-0.3, -0.25) is 9.69 Å². The Bertz CT molecular complexity index is 708. The summed E-state index contributed by atoms with van der Waals surface area (Å²) in [6.45, 7) is 11.2. The summed E-state index contributed by atoms with van der Waals surface area (Å²) in [7, 11) is 0. The molecule has 0 saturated carbocycles. The van der Waals surface area contributed by atoms with Crippen molar-refractivity contribution in [1.82, 2.24) is 9.80 Å². The number of hydrogen-bond acceptors (Lipinski definition) is 2. The molecule has 1 saturated heterocycles. The minimum Gasteiger partial charge on any atom is -0.336 e. The van der Waals surface area contributed by atoms with Gasteiger partial charge in [0.05, 0.1) is 0 Å². The van der Waals surface area contributed by atoms with Crippen LogP contribution in [0.5, 0.6) is 0 Å². The maximum atomic E-state index is 12.8. The first-order valence-electron chi connectivity index (χ1n) is 9.59. The summed E-state index contributed by atoms with van der Waals surface area (Å²) in [4.78, 5) is 17.2. The van der Waals surface area contributed by atoms with Gasteiger partial charge in [0.2, 0.25) is 0 Å². The highest BCUT2D eigenvalue weighted by atomic mass is 16.2. The molecule has 0 spiro atoms. The zero-order valence-corrected chi connectivity index (χ0v) is 16.2. The number of piperazine rings is 1. The van der Waals surface area contributed by atoms with E-state index in [2.05, 4.69) is 68.1 Å². The Morgan fingerprint density at radius 3 is 2.08 bits per heavy atom. The number of hydrogen-bond donors (Lipinski definition) is 0. The van der Waals surface area contributed by atoms with E-state index >= 15 is 0 Å². The molecule has 0 unspecified atom stereocenters. The van der Waals surface area contributed by atoms with Gasteiger partial charge in [0.25, 0.3) is 5.91 Å². The quantitative estimate of drug-likeness (QED) is 0.832. The van der Waals surface area contributed by atoms with Crippen molar-refractivity contribution in [1.29, 1.82) is 0 Å². The van der Waals surface area contributed by atoms with Crippen LogP contribution in [0.4, 0.5) is 0 Å². The fraction of sp³-hybridized carbons (Fsp3) is 0.435. The summed E-state index contributed by atoms with van der Waals surface area (Å²) in [5.74, 6) is 0.160. The van der Waals surface area contributed by atoms with Crippen molar-refractivity contribution in [3.8, 4) is 0 Å². The molecular formula is C23H30N2O. The minimum absolute atomic E-state index is 0.117. The second-order valence-corrected chi connectivity index (χ2v) is 8.20.